The summed E-state index contributed by atoms with van der Waals surface area (Å²) in [6, 6.07) is 21.6. The van der Waals surface area contributed by atoms with Crippen molar-refractivity contribution in [2.75, 3.05) is 18.1 Å². The van der Waals surface area contributed by atoms with Crippen molar-refractivity contribution >= 4 is 40.9 Å². The van der Waals surface area contributed by atoms with Crippen LogP contribution >= 0.6 is 12.2 Å². The summed E-state index contributed by atoms with van der Waals surface area (Å²) in [5.74, 6) is 1.46. The van der Waals surface area contributed by atoms with E-state index < -0.39 is 11.8 Å². The molecule has 3 aromatic rings. The summed E-state index contributed by atoms with van der Waals surface area (Å²) in [6.45, 7) is 1.12. The van der Waals surface area contributed by atoms with Gasteiger partial charge >= 0.3 is 0 Å². The van der Waals surface area contributed by atoms with Crippen molar-refractivity contribution in [1.29, 1.82) is 0 Å². The van der Waals surface area contributed by atoms with Crippen molar-refractivity contribution in [3.63, 3.8) is 0 Å². The van der Waals surface area contributed by atoms with Gasteiger partial charge in [-0.3, -0.25) is 19.8 Å². The SMILES string of the molecule is O=C1NC(=S)N(c2ccc(Oc3ccccc3)cc2)C(=O)C1=Cc1ccc2c(c1)OCCCO2. The Balaban J connectivity index is 1.40. The molecule has 1 saturated heterocycles. The number of carbonyl (C=O) groups is 2. The highest BCUT2D eigenvalue weighted by Crippen LogP contribution is 2.32. The van der Waals surface area contributed by atoms with Crippen molar-refractivity contribution < 1.29 is 23.8 Å². The van der Waals surface area contributed by atoms with Gasteiger partial charge in [0, 0.05) is 6.42 Å². The molecule has 0 aromatic heterocycles. The Morgan fingerprint density at radius 3 is 2.35 bits per heavy atom. The second-order valence-corrected chi connectivity index (χ2v) is 8.01. The average molecular weight is 473 g/mol. The van der Waals surface area contributed by atoms with Crippen LogP contribution in [0.25, 0.3) is 6.08 Å². The molecule has 0 spiro atoms. The lowest BCUT2D eigenvalue weighted by atomic mass is 10.1. The predicted octanol–water partition coefficient (Wildman–Crippen LogP) is 4.47. The van der Waals surface area contributed by atoms with Crippen molar-refractivity contribution in [2.45, 2.75) is 6.42 Å². The number of benzene rings is 3. The topological polar surface area (TPSA) is 77.1 Å². The molecule has 0 radical (unpaired) electrons. The van der Waals surface area contributed by atoms with E-state index in [1.54, 1.807) is 42.5 Å². The molecule has 5 rings (SSSR count). The minimum Gasteiger partial charge on any atom is -0.490 e. The number of fused-ring (bicyclic) bond motifs is 1. The maximum Gasteiger partial charge on any atom is 0.270 e. The predicted molar refractivity (Wildman–Crippen MR) is 131 cm³/mol. The van der Waals surface area contributed by atoms with Crippen LogP contribution in [0.15, 0.2) is 78.4 Å². The van der Waals surface area contributed by atoms with Gasteiger partial charge in [0.15, 0.2) is 16.6 Å². The number of anilines is 1. The maximum absolute atomic E-state index is 13.3. The lowest BCUT2D eigenvalue weighted by Gasteiger charge is -2.29. The van der Waals surface area contributed by atoms with Crippen LogP contribution in [0.1, 0.15) is 12.0 Å². The summed E-state index contributed by atoms with van der Waals surface area (Å²) in [6.07, 6.45) is 2.31. The fraction of sp³-hybridized carbons (Fsp3) is 0.115. The third kappa shape index (κ3) is 4.49. The van der Waals surface area contributed by atoms with Gasteiger partial charge in [-0.05, 0) is 72.4 Å². The molecule has 0 saturated carbocycles. The summed E-state index contributed by atoms with van der Waals surface area (Å²) in [4.78, 5) is 27.2. The fourth-order valence-electron chi connectivity index (χ4n) is 3.62. The van der Waals surface area contributed by atoms with Gasteiger partial charge in [-0.2, -0.15) is 0 Å². The molecule has 7 nitrogen and oxygen atoms in total. The Morgan fingerprint density at radius 2 is 1.59 bits per heavy atom. The van der Waals surface area contributed by atoms with Gasteiger partial charge < -0.3 is 14.2 Å². The van der Waals surface area contributed by atoms with E-state index in [1.165, 1.54) is 11.0 Å². The molecule has 2 amide bonds. The van der Waals surface area contributed by atoms with Crippen LogP contribution in [0.4, 0.5) is 5.69 Å². The molecule has 34 heavy (non-hydrogen) atoms. The second-order valence-electron chi connectivity index (χ2n) is 7.62. The summed E-state index contributed by atoms with van der Waals surface area (Å²) < 4.78 is 17.2. The van der Waals surface area contributed by atoms with Gasteiger partial charge in [-0.15, -0.1) is 0 Å². The first-order valence-electron chi connectivity index (χ1n) is 10.7. The number of amides is 2. The molecule has 0 unspecified atom stereocenters. The smallest absolute Gasteiger partial charge is 0.270 e. The molecule has 0 bridgehead atoms. The van der Waals surface area contributed by atoms with E-state index in [1.807, 2.05) is 30.3 Å². The van der Waals surface area contributed by atoms with Gasteiger partial charge in [0.25, 0.3) is 11.8 Å². The van der Waals surface area contributed by atoms with E-state index in [9.17, 15) is 9.59 Å². The van der Waals surface area contributed by atoms with Crippen LogP contribution in [0.5, 0.6) is 23.0 Å². The summed E-state index contributed by atoms with van der Waals surface area (Å²) in [5.41, 5.74) is 1.12. The first-order chi connectivity index (χ1) is 16.6. The molecule has 2 aliphatic rings. The number of nitrogens with one attached hydrogen (secondary N) is 1. The quantitative estimate of drug-likeness (QED) is 0.343. The van der Waals surface area contributed by atoms with Crippen molar-refractivity contribution in [3.8, 4) is 23.0 Å². The Hall–Kier alpha value is -4.17. The normalized spacial score (nSPS) is 16.8. The number of hydrogen-bond acceptors (Lipinski definition) is 6. The van der Waals surface area contributed by atoms with Crippen LogP contribution in [0.3, 0.4) is 0 Å². The first-order valence-corrected chi connectivity index (χ1v) is 11.1. The van der Waals surface area contributed by atoms with E-state index in [0.717, 1.165) is 6.42 Å². The Kier molecular flexibility index (Phi) is 5.97. The molecule has 3 aromatic carbocycles. The van der Waals surface area contributed by atoms with E-state index in [-0.39, 0.29) is 10.7 Å². The Bertz CT molecular complexity index is 1290. The minimum absolute atomic E-state index is 0.0162. The fourth-order valence-corrected chi connectivity index (χ4v) is 3.90. The highest BCUT2D eigenvalue weighted by atomic mass is 32.1. The Labute approximate surface area is 201 Å². The van der Waals surface area contributed by atoms with Gasteiger partial charge in [0.1, 0.15) is 17.1 Å². The standard InChI is InChI=1S/C26H20N2O5S/c29-24-21(15-17-7-12-22-23(16-17)32-14-4-13-31-22)25(30)28(26(34)27-24)18-8-10-20(11-9-18)33-19-5-2-1-3-6-19/h1-3,5-12,15-16H,4,13-14H2,(H,27,29,34). The molecule has 1 N–H and O–H groups in total. The lowest BCUT2D eigenvalue weighted by molar-refractivity contribution is -0.122. The van der Waals surface area contributed by atoms with E-state index in [0.29, 0.717) is 47.5 Å². The Morgan fingerprint density at radius 1 is 0.882 bits per heavy atom. The van der Waals surface area contributed by atoms with Gasteiger partial charge in [0.05, 0.1) is 18.9 Å². The number of ether oxygens (including phenoxy) is 3. The third-order valence-corrected chi connectivity index (χ3v) is 5.54. The minimum atomic E-state index is -0.553. The molecule has 1 fully saturated rings. The van der Waals surface area contributed by atoms with Crippen molar-refractivity contribution in [3.05, 3.63) is 83.9 Å². The lowest BCUT2D eigenvalue weighted by Crippen LogP contribution is -2.54. The zero-order valence-electron chi connectivity index (χ0n) is 18.0. The number of hydrogen-bond donors (Lipinski definition) is 1. The van der Waals surface area contributed by atoms with Crippen molar-refractivity contribution in [1.82, 2.24) is 5.32 Å². The second kappa shape index (κ2) is 9.36. The van der Waals surface area contributed by atoms with Crippen LogP contribution in [-0.4, -0.2) is 30.1 Å². The summed E-state index contributed by atoms with van der Waals surface area (Å²) in [5, 5.41) is 2.61. The number of carbonyl (C=O) groups excluding carboxylic acids is 2. The molecule has 2 aliphatic heterocycles. The van der Waals surface area contributed by atoms with Crippen molar-refractivity contribution in [2.24, 2.45) is 0 Å². The first kappa shape index (κ1) is 21.7. The van der Waals surface area contributed by atoms with E-state index in [4.69, 9.17) is 26.4 Å². The largest absolute Gasteiger partial charge is 0.490 e. The van der Waals surface area contributed by atoms with E-state index in [2.05, 4.69) is 5.32 Å². The molecule has 170 valence electrons. The molecule has 0 aliphatic carbocycles. The number of nitrogens with zero attached hydrogens (tertiary/aromatic N) is 1. The van der Waals surface area contributed by atoms with Crippen LogP contribution in [-0.2, 0) is 9.59 Å². The van der Waals surface area contributed by atoms with Crippen LogP contribution in [0.2, 0.25) is 0 Å². The molecule has 2 heterocycles. The third-order valence-electron chi connectivity index (χ3n) is 5.26. The summed E-state index contributed by atoms with van der Waals surface area (Å²) >= 11 is 5.29. The van der Waals surface area contributed by atoms with Gasteiger partial charge in [-0.25, -0.2) is 0 Å². The van der Waals surface area contributed by atoms with Gasteiger partial charge in [-0.1, -0.05) is 24.3 Å². The van der Waals surface area contributed by atoms with Gasteiger partial charge in [0.2, 0.25) is 0 Å². The number of thiocarbonyl (C=S) groups is 1. The highest BCUT2D eigenvalue weighted by molar-refractivity contribution is 7.80. The molecular weight excluding hydrogens is 452 g/mol. The highest BCUT2D eigenvalue weighted by Gasteiger charge is 2.34. The average Bonchev–Trinajstić information content (AvgIpc) is 3.08. The number of rotatable bonds is 4. The van der Waals surface area contributed by atoms with Crippen LogP contribution in [0, 0.1) is 0 Å². The van der Waals surface area contributed by atoms with Crippen LogP contribution < -0.4 is 24.4 Å². The number of para-hydroxylation sites is 1. The molecular formula is C26H20N2O5S. The molecule has 0 atom stereocenters. The monoisotopic (exact) mass is 472 g/mol. The van der Waals surface area contributed by atoms with E-state index >= 15 is 0 Å². The zero-order valence-corrected chi connectivity index (χ0v) is 18.8. The maximum atomic E-state index is 13.3. The zero-order chi connectivity index (χ0) is 23.5. The molecule has 8 heteroatoms. The summed E-state index contributed by atoms with van der Waals surface area (Å²) in [7, 11) is 0.